The van der Waals surface area contributed by atoms with Crippen molar-refractivity contribution in [3.05, 3.63) is 0 Å². The van der Waals surface area contributed by atoms with Gasteiger partial charge in [0, 0.05) is 27.3 Å². The van der Waals surface area contributed by atoms with Gasteiger partial charge in [0.25, 0.3) is 0 Å². The van der Waals surface area contributed by atoms with Gasteiger partial charge < -0.3 is 5.11 Å². The van der Waals surface area contributed by atoms with E-state index in [1.807, 2.05) is 0 Å². The monoisotopic (exact) mass is 343 g/mol. The summed E-state index contributed by atoms with van der Waals surface area (Å²) in [6, 6.07) is -1.22. The molecule has 1 unspecified atom stereocenters. The number of hydrogen-bond donors (Lipinski definition) is 3. The number of carboxylic acid groups (broad SMARTS) is 1. The summed E-state index contributed by atoms with van der Waals surface area (Å²) in [5.41, 5.74) is 0. The summed E-state index contributed by atoms with van der Waals surface area (Å²) in [7, 11) is 0. The van der Waals surface area contributed by atoms with Crippen molar-refractivity contribution >= 4 is 33.3 Å². The van der Waals surface area contributed by atoms with Crippen LogP contribution in [0.5, 0.6) is 0 Å². The first-order valence-electron chi connectivity index (χ1n) is 2.49. The Morgan fingerprint density at radius 3 is 2.00 bits per heavy atom. The predicted octanol–water partition coefficient (Wildman–Crippen LogP) is -0.451. The second-order valence-electron chi connectivity index (χ2n) is 1.58. The number of hydrogen-bond acceptors (Lipinski definition) is 4. The molecule has 0 fully saturated rings. The molecule has 4 radical (unpaired) electrons. The molecule has 0 aliphatic rings. The first-order valence-corrected chi connectivity index (χ1v) is 2.49. The Balaban J connectivity index is 0. The van der Waals surface area contributed by atoms with E-state index in [4.69, 9.17) is 15.5 Å². The van der Waals surface area contributed by atoms with Crippen LogP contribution in [-0.2, 0) is 4.79 Å². The molecule has 0 aromatic carbocycles. The third-order valence-electron chi connectivity index (χ3n) is 0.951. The summed E-state index contributed by atoms with van der Waals surface area (Å²) >= 11 is 0. The molecule has 0 bridgehead atoms. The average molecular weight is 342 g/mol. The maximum absolute atomic E-state index is 10.0. The quantitative estimate of drug-likeness (QED) is 0.478. The molecule has 0 amide bonds. The summed E-state index contributed by atoms with van der Waals surface area (Å²) < 4.78 is 0. The van der Waals surface area contributed by atoms with Crippen molar-refractivity contribution in [1.82, 2.24) is 5.23 Å². The zero-order valence-corrected chi connectivity index (χ0v) is 9.37. The van der Waals surface area contributed by atoms with E-state index in [0.717, 1.165) is 0 Å². The normalized spacial score (nSPS) is 12.4. The summed E-state index contributed by atoms with van der Waals surface area (Å²) in [6.45, 7) is 1.54. The SMILES string of the molecule is CCC(C(=O)O)N(O)O.[Pb]. The van der Waals surface area contributed by atoms with Crippen molar-refractivity contribution in [2.75, 3.05) is 0 Å². The minimum absolute atomic E-state index is 0. The van der Waals surface area contributed by atoms with E-state index >= 15 is 0 Å². The van der Waals surface area contributed by atoms with Gasteiger partial charge >= 0.3 is 5.97 Å². The molecule has 10 heavy (non-hydrogen) atoms. The summed E-state index contributed by atoms with van der Waals surface area (Å²) in [6.07, 6.45) is 0.155. The molecule has 0 heterocycles. The molecular weight excluding hydrogens is 333 g/mol. The summed E-state index contributed by atoms with van der Waals surface area (Å²) in [5, 5.41) is 24.3. The number of nitrogens with zero attached hydrogens (tertiary/aromatic N) is 1. The largest absolute Gasteiger partial charge is 0.480 e. The molecule has 0 aromatic rings. The van der Waals surface area contributed by atoms with E-state index in [2.05, 4.69) is 0 Å². The molecule has 1 atom stereocenters. The van der Waals surface area contributed by atoms with Crippen LogP contribution in [0.2, 0.25) is 0 Å². The van der Waals surface area contributed by atoms with Crippen molar-refractivity contribution in [2.24, 2.45) is 0 Å². The van der Waals surface area contributed by atoms with Gasteiger partial charge in [-0.1, -0.05) is 12.2 Å². The standard InChI is InChI=1S/C4H9NO4.Pb/c1-2-3(4(6)7)5(8)9;/h3,8-9H,2H2,1H3,(H,6,7);. The third kappa shape index (κ3) is 4.15. The van der Waals surface area contributed by atoms with E-state index in [0.29, 0.717) is 0 Å². The van der Waals surface area contributed by atoms with Crippen molar-refractivity contribution in [3.8, 4) is 0 Å². The van der Waals surface area contributed by atoms with Gasteiger partial charge in [-0.2, -0.15) is 0 Å². The molecule has 3 N–H and O–H groups in total. The van der Waals surface area contributed by atoms with Crippen molar-refractivity contribution in [2.45, 2.75) is 19.4 Å². The fourth-order valence-electron chi connectivity index (χ4n) is 0.437. The van der Waals surface area contributed by atoms with Crippen LogP contribution in [0.25, 0.3) is 0 Å². The van der Waals surface area contributed by atoms with Gasteiger partial charge in [-0.3, -0.25) is 15.2 Å². The van der Waals surface area contributed by atoms with E-state index in [9.17, 15) is 4.79 Å². The van der Waals surface area contributed by atoms with Crippen LogP contribution in [-0.4, -0.2) is 60.1 Å². The van der Waals surface area contributed by atoms with Gasteiger partial charge in [0.1, 0.15) is 0 Å². The predicted molar refractivity (Wildman–Crippen MR) is 32.9 cm³/mol. The zero-order chi connectivity index (χ0) is 7.44. The van der Waals surface area contributed by atoms with Crippen molar-refractivity contribution < 1.29 is 20.3 Å². The van der Waals surface area contributed by atoms with Gasteiger partial charge in [0.15, 0.2) is 6.04 Å². The smallest absolute Gasteiger partial charge is 0.325 e. The van der Waals surface area contributed by atoms with E-state index in [-0.39, 0.29) is 38.9 Å². The van der Waals surface area contributed by atoms with Crippen LogP contribution in [0.4, 0.5) is 0 Å². The molecule has 5 nitrogen and oxygen atoms in total. The molecule has 0 aliphatic heterocycles. The van der Waals surface area contributed by atoms with Gasteiger partial charge in [0.05, 0.1) is 0 Å². The van der Waals surface area contributed by atoms with Gasteiger partial charge in [-0.25, -0.2) is 0 Å². The van der Waals surface area contributed by atoms with Gasteiger partial charge in [-0.15, -0.1) is 0 Å². The molecule has 0 saturated carbocycles. The van der Waals surface area contributed by atoms with E-state index < -0.39 is 12.0 Å². The topological polar surface area (TPSA) is 81.0 Å². The van der Waals surface area contributed by atoms with Gasteiger partial charge in [-0.05, 0) is 6.42 Å². The van der Waals surface area contributed by atoms with Crippen LogP contribution in [0.15, 0.2) is 0 Å². The average Bonchev–Trinajstić information content (AvgIpc) is 1.64. The maximum atomic E-state index is 10.0. The fraction of sp³-hybridized carbons (Fsp3) is 0.750. The zero-order valence-electron chi connectivity index (χ0n) is 5.48. The molecule has 58 valence electrons. The molecular formula is C4H9NO4Pb. The van der Waals surface area contributed by atoms with Crippen LogP contribution in [0.3, 0.4) is 0 Å². The Hall–Kier alpha value is 0.272. The number of carbonyl (C=O) groups is 1. The Bertz CT molecular complexity index is 107. The molecule has 0 aromatic heterocycles. The number of carboxylic acids is 1. The molecule has 0 saturated heterocycles. The minimum atomic E-state index is -1.25. The van der Waals surface area contributed by atoms with E-state index in [1.165, 1.54) is 6.92 Å². The van der Waals surface area contributed by atoms with Gasteiger partial charge in [0.2, 0.25) is 0 Å². The molecule has 6 heteroatoms. The number of rotatable bonds is 3. The van der Waals surface area contributed by atoms with Crippen molar-refractivity contribution in [3.63, 3.8) is 0 Å². The Labute approximate surface area is 78.3 Å². The molecule has 0 aliphatic carbocycles. The Morgan fingerprint density at radius 1 is 1.60 bits per heavy atom. The Morgan fingerprint density at radius 2 is 2.00 bits per heavy atom. The second-order valence-corrected chi connectivity index (χ2v) is 1.58. The van der Waals surface area contributed by atoms with Crippen LogP contribution in [0, 0.1) is 0 Å². The second kappa shape index (κ2) is 6.01. The molecule has 0 rings (SSSR count). The van der Waals surface area contributed by atoms with Crippen molar-refractivity contribution in [1.29, 1.82) is 0 Å². The Kier molecular flexibility index (Phi) is 7.76. The minimum Gasteiger partial charge on any atom is -0.480 e. The van der Waals surface area contributed by atoms with Crippen LogP contribution < -0.4 is 0 Å². The summed E-state index contributed by atoms with van der Waals surface area (Å²) in [4.78, 5) is 10.0. The van der Waals surface area contributed by atoms with E-state index in [1.54, 1.807) is 0 Å². The summed E-state index contributed by atoms with van der Waals surface area (Å²) in [5.74, 6) is -1.25. The van der Waals surface area contributed by atoms with Crippen LogP contribution in [0.1, 0.15) is 13.3 Å². The number of aliphatic carboxylic acids is 1. The number of hydroxylamine groups is 2. The first-order chi connectivity index (χ1) is 4.09. The first kappa shape index (κ1) is 12.9. The molecule has 0 spiro atoms. The van der Waals surface area contributed by atoms with Crippen LogP contribution >= 0.6 is 0 Å². The fourth-order valence-corrected chi connectivity index (χ4v) is 0.437. The third-order valence-corrected chi connectivity index (χ3v) is 0.951. The maximum Gasteiger partial charge on any atom is 0.325 e.